The fourth-order valence-corrected chi connectivity index (χ4v) is 2.33. The predicted molar refractivity (Wildman–Crippen MR) is 61.8 cm³/mol. The fourth-order valence-electron chi connectivity index (χ4n) is 1.43. The first-order valence-electron chi connectivity index (χ1n) is 5.07. The second-order valence-electron chi connectivity index (χ2n) is 3.28. The number of fused-ring (bicyclic) bond motifs is 1. The summed E-state index contributed by atoms with van der Waals surface area (Å²) in [6.07, 6.45) is 0. The lowest BCUT2D eigenvalue weighted by Crippen LogP contribution is -2.41. The van der Waals surface area contributed by atoms with Crippen molar-refractivity contribution >= 4 is 27.5 Å². The van der Waals surface area contributed by atoms with Gasteiger partial charge in [0.15, 0.2) is 0 Å². The van der Waals surface area contributed by atoms with Gasteiger partial charge in [-0.2, -0.15) is 4.57 Å². The van der Waals surface area contributed by atoms with Crippen molar-refractivity contribution in [3.05, 3.63) is 29.8 Å². The van der Waals surface area contributed by atoms with E-state index in [0.717, 1.165) is 5.52 Å². The van der Waals surface area contributed by atoms with Crippen LogP contribution in [0.4, 0.5) is 0 Å². The van der Waals surface area contributed by atoms with Crippen LogP contribution < -0.4 is 10.0 Å². The van der Waals surface area contributed by atoms with Gasteiger partial charge in [-0.05, 0) is 13.0 Å². The first-order chi connectivity index (χ1) is 7.81. The largest absolute Gasteiger partial charge is 0.309 e. The molecule has 0 spiro atoms. The van der Waals surface area contributed by atoms with Crippen LogP contribution in [0.15, 0.2) is 29.8 Å². The highest BCUT2D eigenvalue weighted by Crippen LogP contribution is 2.14. The van der Waals surface area contributed by atoms with Gasteiger partial charge in [-0.15, -0.1) is 0 Å². The number of carbonyl (C=O) groups is 1. The van der Waals surface area contributed by atoms with Crippen LogP contribution in [-0.4, -0.2) is 12.5 Å². The number of nitrogens with zero attached hydrogens (tertiary/aromatic N) is 1. The van der Waals surface area contributed by atoms with Gasteiger partial charge in [-0.1, -0.05) is 23.5 Å². The standard InChI is InChI=1S/C11H12N2O2S/c1-2-15-12-11(14)7-13-8-16-10-6-4-3-5-9(10)13/h3-6,8H,2,7H2,1H3/p+1. The molecule has 0 unspecified atom stereocenters. The number of aromatic nitrogens is 1. The van der Waals surface area contributed by atoms with Crippen molar-refractivity contribution < 1.29 is 14.2 Å². The van der Waals surface area contributed by atoms with Crippen LogP contribution in [0, 0.1) is 0 Å². The Morgan fingerprint density at radius 2 is 2.31 bits per heavy atom. The Bertz CT molecular complexity index is 495. The molecule has 1 N–H and O–H groups in total. The van der Waals surface area contributed by atoms with Gasteiger partial charge in [0.1, 0.15) is 4.70 Å². The van der Waals surface area contributed by atoms with Crippen LogP contribution in [0.1, 0.15) is 6.92 Å². The van der Waals surface area contributed by atoms with E-state index in [-0.39, 0.29) is 12.5 Å². The molecular formula is C11H13N2O2S+. The Labute approximate surface area is 97.4 Å². The lowest BCUT2D eigenvalue weighted by molar-refractivity contribution is -0.654. The van der Waals surface area contributed by atoms with Crippen molar-refractivity contribution in [1.29, 1.82) is 0 Å². The molecule has 1 aromatic heterocycles. The maximum absolute atomic E-state index is 11.5. The molecule has 0 radical (unpaired) electrons. The third kappa shape index (κ3) is 2.37. The minimum Gasteiger partial charge on any atom is -0.274 e. The maximum Gasteiger partial charge on any atom is 0.309 e. The number of hydrogen-bond donors (Lipinski definition) is 1. The molecule has 2 rings (SSSR count). The van der Waals surface area contributed by atoms with Crippen molar-refractivity contribution in [3.8, 4) is 0 Å². The van der Waals surface area contributed by atoms with E-state index in [9.17, 15) is 4.79 Å². The van der Waals surface area contributed by atoms with E-state index < -0.39 is 0 Å². The minimum atomic E-state index is -0.143. The molecule has 2 aromatic rings. The Hall–Kier alpha value is -1.46. The number of carbonyl (C=O) groups excluding carboxylic acids is 1. The summed E-state index contributed by atoms with van der Waals surface area (Å²) in [6.45, 7) is 2.58. The third-order valence-corrected chi connectivity index (χ3v) is 3.08. The molecule has 1 aromatic carbocycles. The molecule has 0 aliphatic carbocycles. The number of hydrogen-bond acceptors (Lipinski definition) is 3. The normalized spacial score (nSPS) is 10.6. The Morgan fingerprint density at radius 3 is 3.12 bits per heavy atom. The molecule has 0 atom stereocenters. The van der Waals surface area contributed by atoms with Gasteiger partial charge in [-0.25, -0.2) is 5.48 Å². The van der Waals surface area contributed by atoms with Crippen molar-refractivity contribution in [2.24, 2.45) is 0 Å². The zero-order chi connectivity index (χ0) is 11.4. The molecule has 1 amide bonds. The molecule has 0 saturated heterocycles. The molecule has 16 heavy (non-hydrogen) atoms. The van der Waals surface area contributed by atoms with Crippen molar-refractivity contribution in [3.63, 3.8) is 0 Å². The molecule has 0 aliphatic rings. The summed E-state index contributed by atoms with van der Waals surface area (Å²) in [5.41, 5.74) is 5.39. The average Bonchev–Trinajstić information content (AvgIpc) is 2.70. The van der Waals surface area contributed by atoms with E-state index in [1.165, 1.54) is 4.70 Å². The van der Waals surface area contributed by atoms with Gasteiger partial charge in [0.25, 0.3) is 0 Å². The quantitative estimate of drug-likeness (QED) is 0.642. The SMILES string of the molecule is CCONC(=O)C[n+]1csc2ccccc21. The summed E-state index contributed by atoms with van der Waals surface area (Å²) >= 11 is 1.62. The molecule has 84 valence electrons. The number of para-hydroxylation sites is 1. The van der Waals surface area contributed by atoms with Gasteiger partial charge in [0.05, 0.1) is 6.61 Å². The van der Waals surface area contributed by atoms with Gasteiger partial charge in [0, 0.05) is 6.07 Å². The average molecular weight is 237 g/mol. The minimum absolute atomic E-state index is 0.143. The van der Waals surface area contributed by atoms with Crippen molar-refractivity contribution in [2.45, 2.75) is 13.5 Å². The molecule has 0 bridgehead atoms. The summed E-state index contributed by atoms with van der Waals surface area (Å²) in [5, 5.41) is 0. The number of hydroxylamine groups is 1. The summed E-state index contributed by atoms with van der Waals surface area (Å²) in [6, 6.07) is 7.99. The van der Waals surface area contributed by atoms with Crippen LogP contribution in [0.2, 0.25) is 0 Å². The maximum atomic E-state index is 11.5. The summed E-state index contributed by atoms with van der Waals surface area (Å²) in [4.78, 5) is 16.3. The topological polar surface area (TPSA) is 42.2 Å². The molecule has 0 aliphatic heterocycles. The first kappa shape index (κ1) is 11.0. The summed E-state index contributed by atoms with van der Waals surface area (Å²) < 4.78 is 3.08. The van der Waals surface area contributed by atoms with E-state index in [1.54, 1.807) is 11.3 Å². The van der Waals surface area contributed by atoms with Gasteiger partial charge in [0.2, 0.25) is 17.6 Å². The Morgan fingerprint density at radius 1 is 1.50 bits per heavy atom. The molecule has 0 fully saturated rings. The van der Waals surface area contributed by atoms with E-state index >= 15 is 0 Å². The number of benzene rings is 1. The number of thiazole rings is 1. The van der Waals surface area contributed by atoms with E-state index in [4.69, 9.17) is 4.84 Å². The predicted octanol–water partition coefficient (Wildman–Crippen LogP) is 1.26. The number of nitrogens with one attached hydrogen (secondary N) is 1. The summed E-state index contributed by atoms with van der Waals surface area (Å²) in [7, 11) is 0. The highest BCUT2D eigenvalue weighted by atomic mass is 32.1. The smallest absolute Gasteiger partial charge is 0.274 e. The van der Waals surface area contributed by atoms with Crippen molar-refractivity contribution in [2.75, 3.05) is 6.61 Å². The lowest BCUT2D eigenvalue weighted by atomic mass is 10.3. The van der Waals surface area contributed by atoms with E-state index in [1.807, 2.05) is 41.3 Å². The number of amides is 1. The van der Waals surface area contributed by atoms with Crippen LogP contribution in [-0.2, 0) is 16.2 Å². The molecule has 0 saturated carbocycles. The third-order valence-electron chi connectivity index (χ3n) is 2.13. The lowest BCUT2D eigenvalue weighted by Gasteiger charge is -1.99. The second-order valence-corrected chi connectivity index (χ2v) is 4.16. The van der Waals surface area contributed by atoms with Crippen LogP contribution in [0.25, 0.3) is 10.2 Å². The number of rotatable bonds is 4. The van der Waals surface area contributed by atoms with Gasteiger partial charge < -0.3 is 0 Å². The molecule has 1 heterocycles. The zero-order valence-electron chi connectivity index (χ0n) is 8.97. The van der Waals surface area contributed by atoms with Gasteiger partial charge >= 0.3 is 5.91 Å². The Balaban J connectivity index is 2.12. The molecular weight excluding hydrogens is 224 g/mol. The van der Waals surface area contributed by atoms with Crippen LogP contribution >= 0.6 is 11.3 Å². The van der Waals surface area contributed by atoms with E-state index in [2.05, 4.69) is 5.48 Å². The first-order valence-corrected chi connectivity index (χ1v) is 5.95. The Kier molecular flexibility index (Phi) is 3.48. The second kappa shape index (κ2) is 5.05. The molecule has 5 heteroatoms. The molecule has 4 nitrogen and oxygen atoms in total. The van der Waals surface area contributed by atoms with Gasteiger partial charge in [-0.3, -0.25) is 9.63 Å². The van der Waals surface area contributed by atoms with Crippen LogP contribution in [0.5, 0.6) is 0 Å². The highest BCUT2D eigenvalue weighted by molar-refractivity contribution is 7.16. The fraction of sp³-hybridized carbons (Fsp3) is 0.273. The highest BCUT2D eigenvalue weighted by Gasteiger charge is 2.14. The monoisotopic (exact) mass is 237 g/mol. The zero-order valence-corrected chi connectivity index (χ0v) is 9.79. The summed E-state index contributed by atoms with van der Waals surface area (Å²) in [5.74, 6) is -0.143. The van der Waals surface area contributed by atoms with Crippen LogP contribution in [0.3, 0.4) is 0 Å². The van der Waals surface area contributed by atoms with Crippen molar-refractivity contribution in [1.82, 2.24) is 5.48 Å². The van der Waals surface area contributed by atoms with E-state index in [0.29, 0.717) is 6.61 Å².